The van der Waals surface area contributed by atoms with Crippen molar-refractivity contribution in [3.63, 3.8) is 0 Å². The van der Waals surface area contributed by atoms with Crippen LogP contribution in [0, 0.1) is 0 Å². The largest absolute Gasteiger partial charge is 0.313 e. The summed E-state index contributed by atoms with van der Waals surface area (Å²) in [4.78, 5) is 0. The fourth-order valence-electron chi connectivity index (χ4n) is 1.51. The average Bonchev–Trinajstić information content (AvgIpc) is 2.80. The zero-order valence-corrected chi connectivity index (χ0v) is 9.68. The van der Waals surface area contributed by atoms with Crippen LogP contribution in [-0.4, -0.2) is 6.54 Å². The molecule has 1 aromatic carbocycles. The molecule has 78 valence electrons. The van der Waals surface area contributed by atoms with Gasteiger partial charge in [-0.2, -0.15) is 11.3 Å². The molecule has 0 spiro atoms. The second kappa shape index (κ2) is 5.10. The van der Waals surface area contributed by atoms with Gasteiger partial charge in [0, 0.05) is 6.54 Å². The van der Waals surface area contributed by atoms with E-state index in [0.717, 1.165) is 13.1 Å². The molecule has 0 fully saturated rings. The SMILES string of the molecule is CCNCc1ccc(-c2ccsc2)cc1. The van der Waals surface area contributed by atoms with Crippen LogP contribution in [-0.2, 0) is 6.54 Å². The second-order valence-corrected chi connectivity index (χ2v) is 4.27. The van der Waals surface area contributed by atoms with E-state index in [1.54, 1.807) is 11.3 Å². The third-order valence-corrected chi connectivity index (χ3v) is 3.07. The molecular formula is C13H15NS. The van der Waals surface area contributed by atoms with E-state index in [4.69, 9.17) is 0 Å². The summed E-state index contributed by atoms with van der Waals surface area (Å²) in [6.07, 6.45) is 0. The van der Waals surface area contributed by atoms with E-state index in [-0.39, 0.29) is 0 Å². The number of hydrogen-bond donors (Lipinski definition) is 1. The quantitative estimate of drug-likeness (QED) is 0.826. The summed E-state index contributed by atoms with van der Waals surface area (Å²) in [5, 5.41) is 7.61. The molecule has 1 nitrogen and oxygen atoms in total. The zero-order chi connectivity index (χ0) is 10.5. The van der Waals surface area contributed by atoms with Crippen LogP contribution in [0.3, 0.4) is 0 Å². The van der Waals surface area contributed by atoms with Gasteiger partial charge in [-0.1, -0.05) is 31.2 Å². The van der Waals surface area contributed by atoms with Gasteiger partial charge in [-0.3, -0.25) is 0 Å². The van der Waals surface area contributed by atoms with Crippen LogP contribution in [0.1, 0.15) is 12.5 Å². The summed E-state index contributed by atoms with van der Waals surface area (Å²) in [6.45, 7) is 4.10. The molecule has 0 amide bonds. The van der Waals surface area contributed by atoms with Gasteiger partial charge in [0.15, 0.2) is 0 Å². The highest BCUT2D eigenvalue weighted by atomic mass is 32.1. The van der Waals surface area contributed by atoms with E-state index < -0.39 is 0 Å². The number of nitrogens with one attached hydrogen (secondary N) is 1. The van der Waals surface area contributed by atoms with Gasteiger partial charge in [0.25, 0.3) is 0 Å². The van der Waals surface area contributed by atoms with Gasteiger partial charge in [0.2, 0.25) is 0 Å². The van der Waals surface area contributed by atoms with Crippen LogP contribution in [0.5, 0.6) is 0 Å². The molecule has 2 rings (SSSR count). The molecule has 1 heterocycles. The maximum Gasteiger partial charge on any atom is 0.0205 e. The molecule has 0 unspecified atom stereocenters. The lowest BCUT2D eigenvalue weighted by molar-refractivity contribution is 0.727. The normalized spacial score (nSPS) is 10.5. The molecule has 0 radical (unpaired) electrons. The highest BCUT2D eigenvalue weighted by Gasteiger charge is 1.97. The van der Waals surface area contributed by atoms with E-state index >= 15 is 0 Å². The van der Waals surface area contributed by atoms with Crippen molar-refractivity contribution in [2.75, 3.05) is 6.54 Å². The summed E-state index contributed by atoms with van der Waals surface area (Å²) in [7, 11) is 0. The Morgan fingerprint density at radius 3 is 2.47 bits per heavy atom. The minimum Gasteiger partial charge on any atom is -0.313 e. The lowest BCUT2D eigenvalue weighted by Gasteiger charge is -2.03. The van der Waals surface area contributed by atoms with Crippen molar-refractivity contribution in [2.45, 2.75) is 13.5 Å². The summed E-state index contributed by atoms with van der Waals surface area (Å²) in [5.74, 6) is 0. The molecular weight excluding hydrogens is 202 g/mol. The second-order valence-electron chi connectivity index (χ2n) is 3.49. The van der Waals surface area contributed by atoms with Crippen LogP contribution in [0.2, 0.25) is 0 Å². The van der Waals surface area contributed by atoms with Gasteiger partial charge in [0.1, 0.15) is 0 Å². The lowest BCUT2D eigenvalue weighted by atomic mass is 10.1. The number of hydrogen-bond acceptors (Lipinski definition) is 2. The third kappa shape index (κ3) is 2.67. The molecule has 1 aromatic heterocycles. The molecule has 0 aliphatic heterocycles. The number of thiophene rings is 1. The molecule has 2 aromatic rings. The molecule has 1 N–H and O–H groups in total. The molecule has 0 atom stereocenters. The Bertz CT molecular complexity index is 389. The monoisotopic (exact) mass is 217 g/mol. The van der Waals surface area contributed by atoms with E-state index in [1.807, 2.05) is 0 Å². The van der Waals surface area contributed by atoms with Crippen LogP contribution >= 0.6 is 11.3 Å². The molecule has 0 aliphatic rings. The Balaban J connectivity index is 2.11. The average molecular weight is 217 g/mol. The molecule has 0 bridgehead atoms. The molecule has 15 heavy (non-hydrogen) atoms. The topological polar surface area (TPSA) is 12.0 Å². The van der Waals surface area contributed by atoms with Gasteiger partial charge in [-0.15, -0.1) is 0 Å². The molecule has 2 heteroatoms. The summed E-state index contributed by atoms with van der Waals surface area (Å²) >= 11 is 1.74. The van der Waals surface area contributed by atoms with Crippen molar-refractivity contribution in [3.05, 3.63) is 46.7 Å². The molecule has 0 aliphatic carbocycles. The van der Waals surface area contributed by atoms with Gasteiger partial charge < -0.3 is 5.32 Å². The Labute approximate surface area is 94.8 Å². The first-order valence-corrected chi connectivity index (χ1v) is 6.16. The van der Waals surface area contributed by atoms with Gasteiger partial charge in [-0.25, -0.2) is 0 Å². The minimum absolute atomic E-state index is 0.959. The summed E-state index contributed by atoms with van der Waals surface area (Å²) < 4.78 is 0. The van der Waals surface area contributed by atoms with E-state index in [1.165, 1.54) is 16.7 Å². The van der Waals surface area contributed by atoms with Crippen molar-refractivity contribution in [2.24, 2.45) is 0 Å². The van der Waals surface area contributed by atoms with Crippen molar-refractivity contribution in [1.29, 1.82) is 0 Å². The van der Waals surface area contributed by atoms with E-state index in [0.29, 0.717) is 0 Å². The van der Waals surface area contributed by atoms with Gasteiger partial charge >= 0.3 is 0 Å². The van der Waals surface area contributed by atoms with Crippen LogP contribution in [0.4, 0.5) is 0 Å². The first-order valence-electron chi connectivity index (χ1n) is 5.22. The van der Waals surface area contributed by atoms with Crippen molar-refractivity contribution in [1.82, 2.24) is 5.32 Å². The van der Waals surface area contributed by atoms with Crippen molar-refractivity contribution < 1.29 is 0 Å². The smallest absolute Gasteiger partial charge is 0.0205 e. The van der Waals surface area contributed by atoms with Crippen molar-refractivity contribution in [3.8, 4) is 11.1 Å². The predicted octanol–water partition coefficient (Wildman–Crippen LogP) is 3.52. The summed E-state index contributed by atoms with van der Waals surface area (Å²) in [5.41, 5.74) is 3.96. The first kappa shape index (κ1) is 10.4. The molecule has 0 saturated heterocycles. The van der Waals surface area contributed by atoms with E-state index in [2.05, 4.69) is 53.3 Å². The fourth-order valence-corrected chi connectivity index (χ4v) is 2.18. The van der Waals surface area contributed by atoms with Gasteiger partial charge in [0.05, 0.1) is 0 Å². The van der Waals surface area contributed by atoms with Crippen LogP contribution < -0.4 is 5.32 Å². The van der Waals surface area contributed by atoms with Crippen molar-refractivity contribution >= 4 is 11.3 Å². The minimum atomic E-state index is 0.959. The third-order valence-electron chi connectivity index (χ3n) is 2.39. The highest BCUT2D eigenvalue weighted by Crippen LogP contribution is 2.22. The number of rotatable bonds is 4. The maximum absolute atomic E-state index is 3.32. The Morgan fingerprint density at radius 2 is 1.87 bits per heavy atom. The standard InChI is InChI=1S/C13H15NS/c1-2-14-9-11-3-5-12(6-4-11)13-7-8-15-10-13/h3-8,10,14H,2,9H2,1H3. The van der Waals surface area contributed by atoms with Gasteiger partial charge in [-0.05, 0) is 40.1 Å². The Kier molecular flexibility index (Phi) is 3.54. The Morgan fingerprint density at radius 1 is 1.07 bits per heavy atom. The van der Waals surface area contributed by atoms with Crippen LogP contribution in [0.25, 0.3) is 11.1 Å². The first-order chi connectivity index (χ1) is 7.40. The highest BCUT2D eigenvalue weighted by molar-refractivity contribution is 7.08. The Hall–Kier alpha value is -1.12. The number of benzene rings is 1. The predicted molar refractivity (Wildman–Crippen MR) is 67.1 cm³/mol. The lowest BCUT2D eigenvalue weighted by Crippen LogP contribution is -2.11. The van der Waals surface area contributed by atoms with Crippen LogP contribution in [0.15, 0.2) is 41.1 Å². The molecule has 0 saturated carbocycles. The maximum atomic E-state index is 3.32. The van der Waals surface area contributed by atoms with E-state index in [9.17, 15) is 0 Å². The zero-order valence-electron chi connectivity index (χ0n) is 8.86. The summed E-state index contributed by atoms with van der Waals surface area (Å²) in [6, 6.07) is 10.9. The fraction of sp³-hybridized carbons (Fsp3) is 0.231.